The van der Waals surface area contributed by atoms with E-state index in [0.29, 0.717) is 0 Å². The minimum atomic E-state index is 0.764. The number of rotatable bonds is 2. The molecule has 0 saturated carbocycles. The van der Waals surface area contributed by atoms with Crippen molar-refractivity contribution in [3.05, 3.63) is 53.5 Å². The van der Waals surface area contributed by atoms with Crippen LogP contribution in [0.15, 0.2) is 48.0 Å². The first-order valence-electron chi connectivity index (χ1n) is 5.97. The summed E-state index contributed by atoms with van der Waals surface area (Å²) < 4.78 is 0. The maximum absolute atomic E-state index is 5.69. The van der Waals surface area contributed by atoms with E-state index in [1.807, 2.05) is 43.3 Å². The number of hydrogen-bond donors (Lipinski definition) is 1. The Labute approximate surface area is 115 Å². The van der Waals surface area contributed by atoms with Gasteiger partial charge in [-0.3, -0.25) is 4.98 Å². The molecule has 0 aliphatic rings. The molecule has 0 aliphatic heterocycles. The summed E-state index contributed by atoms with van der Waals surface area (Å²) in [7, 11) is 0. The molecule has 0 bridgehead atoms. The van der Waals surface area contributed by atoms with Crippen LogP contribution in [0.5, 0.6) is 0 Å². The van der Waals surface area contributed by atoms with Crippen LogP contribution in [0.1, 0.15) is 5.56 Å². The van der Waals surface area contributed by atoms with Gasteiger partial charge in [0.25, 0.3) is 0 Å². The molecule has 2 N–H and O–H groups in total. The van der Waals surface area contributed by atoms with Gasteiger partial charge >= 0.3 is 0 Å². The number of anilines is 1. The van der Waals surface area contributed by atoms with Gasteiger partial charge in [-0.2, -0.15) is 0 Å². The van der Waals surface area contributed by atoms with Crippen molar-refractivity contribution in [3.8, 4) is 22.0 Å². The summed E-state index contributed by atoms with van der Waals surface area (Å²) in [6, 6.07) is 11.7. The zero-order valence-corrected chi connectivity index (χ0v) is 11.3. The third-order valence-corrected chi connectivity index (χ3v) is 3.77. The molecule has 0 radical (unpaired) electrons. The van der Waals surface area contributed by atoms with Crippen molar-refractivity contribution in [1.29, 1.82) is 0 Å². The summed E-state index contributed by atoms with van der Waals surface area (Å²) in [5.74, 6) is 0. The Morgan fingerprint density at radius 1 is 1.11 bits per heavy atom. The second-order valence-corrected chi connectivity index (χ2v) is 5.19. The zero-order valence-electron chi connectivity index (χ0n) is 10.5. The van der Waals surface area contributed by atoms with E-state index in [2.05, 4.69) is 15.3 Å². The summed E-state index contributed by atoms with van der Waals surface area (Å²) in [6.07, 6.45) is 1.80. The number of pyridine rings is 1. The lowest BCUT2D eigenvalue weighted by molar-refractivity contribution is 1.25. The van der Waals surface area contributed by atoms with E-state index in [9.17, 15) is 0 Å². The first-order valence-corrected chi connectivity index (χ1v) is 6.85. The molecule has 94 valence electrons. The Morgan fingerprint density at radius 2 is 1.89 bits per heavy atom. The summed E-state index contributed by atoms with van der Waals surface area (Å²) in [5, 5.41) is 3.00. The molecule has 19 heavy (non-hydrogen) atoms. The second kappa shape index (κ2) is 4.82. The lowest BCUT2D eigenvalue weighted by Crippen LogP contribution is -1.87. The molecule has 3 aromatic rings. The molecular formula is C15H13N3S. The van der Waals surface area contributed by atoms with Gasteiger partial charge in [0, 0.05) is 22.8 Å². The SMILES string of the molecule is Cc1cccnc1-c1nc(-c2ccc(N)cc2)cs1. The van der Waals surface area contributed by atoms with E-state index in [-0.39, 0.29) is 0 Å². The number of nitrogens with zero attached hydrogens (tertiary/aromatic N) is 2. The summed E-state index contributed by atoms with van der Waals surface area (Å²) >= 11 is 1.61. The van der Waals surface area contributed by atoms with Crippen LogP contribution >= 0.6 is 11.3 Å². The summed E-state index contributed by atoms with van der Waals surface area (Å²) in [5.41, 5.74) is 10.6. The molecule has 3 rings (SSSR count). The normalized spacial score (nSPS) is 10.6. The van der Waals surface area contributed by atoms with E-state index in [1.165, 1.54) is 0 Å². The van der Waals surface area contributed by atoms with Crippen molar-refractivity contribution in [2.24, 2.45) is 0 Å². The first kappa shape index (κ1) is 11.9. The Hall–Kier alpha value is -2.20. The predicted molar refractivity (Wildman–Crippen MR) is 79.9 cm³/mol. The van der Waals surface area contributed by atoms with Crippen LogP contribution in [0, 0.1) is 6.92 Å². The predicted octanol–water partition coefficient (Wildman–Crippen LogP) is 3.76. The highest BCUT2D eigenvalue weighted by Crippen LogP contribution is 2.29. The number of benzene rings is 1. The summed E-state index contributed by atoms with van der Waals surface area (Å²) in [6.45, 7) is 2.05. The topological polar surface area (TPSA) is 51.8 Å². The van der Waals surface area contributed by atoms with Gasteiger partial charge in [-0.1, -0.05) is 18.2 Å². The van der Waals surface area contributed by atoms with Crippen LogP contribution in [0.2, 0.25) is 0 Å². The van der Waals surface area contributed by atoms with E-state index in [4.69, 9.17) is 5.73 Å². The average Bonchev–Trinajstić information content (AvgIpc) is 2.89. The molecule has 0 amide bonds. The van der Waals surface area contributed by atoms with Gasteiger partial charge in [0.05, 0.1) is 5.69 Å². The second-order valence-electron chi connectivity index (χ2n) is 4.33. The molecule has 1 aromatic carbocycles. The highest BCUT2D eigenvalue weighted by atomic mass is 32.1. The number of nitrogen functional groups attached to an aromatic ring is 1. The molecule has 4 heteroatoms. The Balaban J connectivity index is 2.00. The van der Waals surface area contributed by atoms with Gasteiger partial charge in [0.15, 0.2) is 0 Å². The molecule has 0 fully saturated rings. The van der Waals surface area contributed by atoms with Crippen molar-refractivity contribution in [1.82, 2.24) is 9.97 Å². The quantitative estimate of drug-likeness (QED) is 0.719. The minimum absolute atomic E-state index is 0.764. The fourth-order valence-electron chi connectivity index (χ4n) is 1.88. The van der Waals surface area contributed by atoms with Gasteiger partial charge in [-0.25, -0.2) is 4.98 Å². The van der Waals surface area contributed by atoms with Gasteiger partial charge in [-0.15, -0.1) is 11.3 Å². The monoisotopic (exact) mass is 267 g/mol. The van der Waals surface area contributed by atoms with E-state index in [1.54, 1.807) is 17.5 Å². The third-order valence-electron chi connectivity index (χ3n) is 2.92. The van der Waals surface area contributed by atoms with Crippen molar-refractivity contribution in [3.63, 3.8) is 0 Å². The maximum atomic E-state index is 5.69. The number of aryl methyl sites for hydroxylation is 1. The lowest BCUT2D eigenvalue weighted by Gasteiger charge is -2.00. The van der Waals surface area contributed by atoms with E-state index < -0.39 is 0 Å². The lowest BCUT2D eigenvalue weighted by atomic mass is 10.1. The molecule has 2 aromatic heterocycles. The molecule has 0 atom stereocenters. The Morgan fingerprint density at radius 3 is 2.63 bits per heavy atom. The zero-order chi connectivity index (χ0) is 13.2. The fourth-order valence-corrected chi connectivity index (χ4v) is 2.77. The van der Waals surface area contributed by atoms with Crippen molar-refractivity contribution >= 4 is 17.0 Å². The van der Waals surface area contributed by atoms with Crippen molar-refractivity contribution < 1.29 is 0 Å². The average molecular weight is 267 g/mol. The molecule has 0 saturated heterocycles. The fraction of sp³-hybridized carbons (Fsp3) is 0.0667. The molecule has 0 spiro atoms. The van der Waals surface area contributed by atoms with Crippen LogP contribution in [-0.2, 0) is 0 Å². The Bertz CT molecular complexity index is 701. The summed E-state index contributed by atoms with van der Waals surface area (Å²) in [4.78, 5) is 9.05. The highest BCUT2D eigenvalue weighted by Gasteiger charge is 2.09. The largest absolute Gasteiger partial charge is 0.399 e. The molecule has 3 nitrogen and oxygen atoms in total. The number of nitrogens with two attached hydrogens (primary N) is 1. The molecular weight excluding hydrogens is 254 g/mol. The van der Waals surface area contributed by atoms with Crippen LogP contribution in [-0.4, -0.2) is 9.97 Å². The standard InChI is InChI=1S/C15H13N3S/c1-10-3-2-8-17-14(10)15-18-13(9-19-15)11-4-6-12(16)7-5-11/h2-9H,16H2,1H3. The van der Waals surface area contributed by atoms with Gasteiger partial charge < -0.3 is 5.73 Å². The first-order chi connectivity index (χ1) is 9.24. The van der Waals surface area contributed by atoms with Crippen LogP contribution < -0.4 is 5.73 Å². The number of thiazole rings is 1. The molecule has 2 heterocycles. The number of hydrogen-bond acceptors (Lipinski definition) is 4. The van der Waals surface area contributed by atoms with Crippen LogP contribution in [0.3, 0.4) is 0 Å². The van der Waals surface area contributed by atoms with Crippen LogP contribution in [0.4, 0.5) is 5.69 Å². The highest BCUT2D eigenvalue weighted by molar-refractivity contribution is 7.13. The maximum Gasteiger partial charge on any atom is 0.142 e. The number of aromatic nitrogens is 2. The van der Waals surface area contributed by atoms with E-state index >= 15 is 0 Å². The van der Waals surface area contributed by atoms with Crippen molar-refractivity contribution in [2.75, 3.05) is 5.73 Å². The molecule has 0 aliphatic carbocycles. The van der Waals surface area contributed by atoms with Crippen LogP contribution in [0.25, 0.3) is 22.0 Å². The Kier molecular flexibility index (Phi) is 3.01. The minimum Gasteiger partial charge on any atom is -0.399 e. The van der Waals surface area contributed by atoms with Gasteiger partial charge in [0.1, 0.15) is 10.7 Å². The third kappa shape index (κ3) is 2.35. The molecule has 0 unspecified atom stereocenters. The smallest absolute Gasteiger partial charge is 0.142 e. The van der Waals surface area contributed by atoms with E-state index in [0.717, 1.165) is 33.2 Å². The van der Waals surface area contributed by atoms with Gasteiger partial charge in [0.2, 0.25) is 0 Å². The van der Waals surface area contributed by atoms with Gasteiger partial charge in [-0.05, 0) is 30.7 Å². The van der Waals surface area contributed by atoms with Crippen molar-refractivity contribution in [2.45, 2.75) is 6.92 Å².